The lowest BCUT2D eigenvalue weighted by Crippen LogP contribution is -2.43. The molecule has 0 spiro atoms. The van der Waals surface area contributed by atoms with E-state index in [4.69, 9.17) is 4.74 Å². The van der Waals surface area contributed by atoms with Crippen molar-refractivity contribution in [2.75, 3.05) is 26.2 Å². The Morgan fingerprint density at radius 3 is 2.64 bits per heavy atom. The molecule has 0 aromatic heterocycles. The Morgan fingerprint density at radius 1 is 1.28 bits per heavy atom. The highest BCUT2D eigenvalue weighted by molar-refractivity contribution is 8.14. The zero-order valence-electron chi connectivity index (χ0n) is 15.7. The summed E-state index contributed by atoms with van der Waals surface area (Å²) >= 11 is 1.27. The minimum Gasteiger partial charge on any atom is -0.444 e. The number of hydrogen-bond acceptors (Lipinski definition) is 5. The van der Waals surface area contributed by atoms with E-state index in [1.54, 1.807) is 11.8 Å². The summed E-state index contributed by atoms with van der Waals surface area (Å²) in [6, 6.07) is 0. The van der Waals surface area contributed by atoms with Crippen LogP contribution in [0.25, 0.3) is 0 Å². The van der Waals surface area contributed by atoms with E-state index in [0.29, 0.717) is 32.0 Å². The second kappa shape index (κ2) is 8.43. The van der Waals surface area contributed by atoms with Gasteiger partial charge in [0.05, 0.1) is 0 Å². The Hall–Kier alpha value is -1.24. The molecule has 2 saturated heterocycles. The van der Waals surface area contributed by atoms with E-state index in [0.717, 1.165) is 25.8 Å². The first-order chi connectivity index (χ1) is 11.6. The lowest BCUT2D eigenvalue weighted by Gasteiger charge is -2.34. The number of thioether (sulfide) groups is 1. The molecule has 6 nitrogen and oxygen atoms in total. The average Bonchev–Trinajstić information content (AvgIpc) is 2.82. The van der Waals surface area contributed by atoms with Gasteiger partial charge in [-0.15, -0.1) is 0 Å². The number of carbonyl (C=O) groups excluding carboxylic acids is 3. The fourth-order valence-corrected chi connectivity index (χ4v) is 4.35. The first kappa shape index (κ1) is 20.1. The number of piperidine rings is 1. The summed E-state index contributed by atoms with van der Waals surface area (Å²) in [6.45, 7) is 9.98. The number of rotatable bonds is 4. The van der Waals surface area contributed by atoms with Crippen molar-refractivity contribution in [3.05, 3.63) is 0 Å². The lowest BCUT2D eigenvalue weighted by molar-refractivity contribution is -0.127. The number of ether oxygens (including phenoxy) is 1. The zero-order valence-corrected chi connectivity index (χ0v) is 16.6. The average molecular weight is 371 g/mol. The van der Waals surface area contributed by atoms with E-state index >= 15 is 0 Å². The Balaban J connectivity index is 1.78. The quantitative estimate of drug-likeness (QED) is 0.761. The molecule has 2 heterocycles. The third kappa shape index (κ3) is 6.53. The van der Waals surface area contributed by atoms with Gasteiger partial charge >= 0.3 is 6.09 Å². The van der Waals surface area contributed by atoms with Gasteiger partial charge in [-0.3, -0.25) is 9.59 Å². The monoisotopic (exact) mass is 370 g/mol. The van der Waals surface area contributed by atoms with Gasteiger partial charge in [0.15, 0.2) is 5.12 Å². The molecule has 0 N–H and O–H groups in total. The Bertz CT molecular complexity index is 518. The molecule has 7 heteroatoms. The third-order valence-electron chi connectivity index (χ3n) is 4.49. The highest BCUT2D eigenvalue weighted by Gasteiger charge is 2.32. The minimum absolute atomic E-state index is 0.0694. The first-order valence-corrected chi connectivity index (χ1v) is 9.95. The van der Waals surface area contributed by atoms with Crippen molar-refractivity contribution in [1.82, 2.24) is 9.80 Å². The lowest BCUT2D eigenvalue weighted by atomic mass is 9.95. The maximum Gasteiger partial charge on any atom is 0.410 e. The van der Waals surface area contributed by atoms with E-state index in [1.165, 1.54) is 11.8 Å². The van der Waals surface area contributed by atoms with Gasteiger partial charge in [-0.05, 0) is 46.0 Å². The minimum atomic E-state index is -0.477. The fourth-order valence-electron chi connectivity index (χ4n) is 3.40. The van der Waals surface area contributed by atoms with Crippen LogP contribution < -0.4 is 0 Å². The normalized spacial score (nSPS) is 24.6. The summed E-state index contributed by atoms with van der Waals surface area (Å²) in [5.41, 5.74) is -0.477. The number of hydrogen-bond donors (Lipinski definition) is 0. The SMILES string of the molecule is CC(=O)SC1CC(=O)N(CCC2CCCN(C(=O)OC(C)(C)C)C2)C1. The van der Waals surface area contributed by atoms with E-state index < -0.39 is 5.60 Å². The summed E-state index contributed by atoms with van der Waals surface area (Å²) in [5, 5.41) is 0.162. The molecule has 25 heavy (non-hydrogen) atoms. The largest absolute Gasteiger partial charge is 0.444 e. The Kier molecular flexibility index (Phi) is 6.77. The zero-order chi connectivity index (χ0) is 18.6. The van der Waals surface area contributed by atoms with Crippen LogP contribution in [-0.2, 0) is 14.3 Å². The van der Waals surface area contributed by atoms with Crippen LogP contribution in [0.1, 0.15) is 53.4 Å². The molecule has 2 unspecified atom stereocenters. The van der Waals surface area contributed by atoms with Crippen molar-refractivity contribution in [2.45, 2.75) is 64.2 Å². The smallest absolute Gasteiger partial charge is 0.410 e. The number of likely N-dealkylation sites (tertiary alicyclic amines) is 2. The first-order valence-electron chi connectivity index (χ1n) is 9.07. The predicted octanol–water partition coefficient (Wildman–Crippen LogP) is 2.90. The molecule has 0 bridgehead atoms. The molecule has 2 rings (SSSR count). The van der Waals surface area contributed by atoms with Crippen molar-refractivity contribution in [3.63, 3.8) is 0 Å². The standard InChI is InChI=1S/C18H30N2O4S/c1-13(21)25-15-10-16(22)19(12-15)9-7-14-6-5-8-20(11-14)17(23)24-18(2,3)4/h14-15H,5-12H2,1-4H3. The van der Waals surface area contributed by atoms with Crippen LogP contribution in [0.2, 0.25) is 0 Å². The molecule has 2 aliphatic heterocycles. The van der Waals surface area contributed by atoms with Crippen molar-refractivity contribution in [1.29, 1.82) is 0 Å². The molecular formula is C18H30N2O4S. The van der Waals surface area contributed by atoms with Crippen LogP contribution in [0.3, 0.4) is 0 Å². The predicted molar refractivity (Wildman–Crippen MR) is 98.4 cm³/mol. The summed E-state index contributed by atoms with van der Waals surface area (Å²) in [5.74, 6) is 0.534. The molecule has 0 aliphatic carbocycles. The molecule has 0 aromatic carbocycles. The van der Waals surface area contributed by atoms with Gasteiger partial charge in [0.2, 0.25) is 5.91 Å². The van der Waals surface area contributed by atoms with Crippen LogP contribution in [0.15, 0.2) is 0 Å². The van der Waals surface area contributed by atoms with Gasteiger partial charge < -0.3 is 14.5 Å². The van der Waals surface area contributed by atoms with Gasteiger partial charge in [0.25, 0.3) is 0 Å². The van der Waals surface area contributed by atoms with Crippen molar-refractivity contribution < 1.29 is 19.1 Å². The summed E-state index contributed by atoms with van der Waals surface area (Å²) in [6.07, 6.45) is 3.15. The highest BCUT2D eigenvalue weighted by Crippen LogP contribution is 2.26. The Labute approximate surface area is 154 Å². The van der Waals surface area contributed by atoms with Gasteiger partial charge in [0, 0.05) is 44.8 Å². The summed E-state index contributed by atoms with van der Waals surface area (Å²) in [4.78, 5) is 39.2. The topological polar surface area (TPSA) is 66.9 Å². The van der Waals surface area contributed by atoms with E-state index in [9.17, 15) is 14.4 Å². The van der Waals surface area contributed by atoms with Crippen LogP contribution in [0.5, 0.6) is 0 Å². The number of carbonyl (C=O) groups is 3. The molecule has 2 fully saturated rings. The van der Waals surface area contributed by atoms with E-state index in [1.807, 2.05) is 25.7 Å². The second-order valence-corrected chi connectivity index (χ2v) is 9.48. The summed E-state index contributed by atoms with van der Waals surface area (Å²) in [7, 11) is 0. The van der Waals surface area contributed by atoms with Gasteiger partial charge in [-0.25, -0.2) is 4.79 Å². The Morgan fingerprint density at radius 2 is 2.00 bits per heavy atom. The van der Waals surface area contributed by atoms with Crippen molar-refractivity contribution >= 4 is 28.9 Å². The van der Waals surface area contributed by atoms with Gasteiger partial charge in [0.1, 0.15) is 5.60 Å². The van der Waals surface area contributed by atoms with E-state index in [2.05, 4.69) is 0 Å². The molecule has 0 radical (unpaired) electrons. The highest BCUT2D eigenvalue weighted by atomic mass is 32.2. The fraction of sp³-hybridized carbons (Fsp3) is 0.833. The molecule has 142 valence electrons. The van der Waals surface area contributed by atoms with Crippen molar-refractivity contribution in [3.8, 4) is 0 Å². The number of nitrogens with zero attached hydrogens (tertiary/aromatic N) is 2. The van der Waals surface area contributed by atoms with Gasteiger partial charge in [-0.2, -0.15) is 0 Å². The second-order valence-electron chi connectivity index (χ2n) is 8.00. The maximum absolute atomic E-state index is 12.2. The molecule has 0 saturated carbocycles. The molecule has 2 aliphatic rings. The maximum atomic E-state index is 12.2. The van der Waals surface area contributed by atoms with Crippen LogP contribution in [0, 0.1) is 5.92 Å². The third-order valence-corrected chi connectivity index (χ3v) is 5.47. The van der Waals surface area contributed by atoms with Crippen LogP contribution >= 0.6 is 11.8 Å². The van der Waals surface area contributed by atoms with Crippen molar-refractivity contribution in [2.24, 2.45) is 5.92 Å². The number of amides is 2. The molecule has 2 amide bonds. The summed E-state index contributed by atoms with van der Waals surface area (Å²) < 4.78 is 5.46. The van der Waals surface area contributed by atoms with Gasteiger partial charge in [-0.1, -0.05) is 11.8 Å². The molecule has 2 atom stereocenters. The van der Waals surface area contributed by atoms with Crippen LogP contribution in [0.4, 0.5) is 4.79 Å². The molecule has 0 aromatic rings. The molecular weight excluding hydrogens is 340 g/mol. The van der Waals surface area contributed by atoms with E-state index in [-0.39, 0.29) is 22.4 Å². The van der Waals surface area contributed by atoms with Crippen LogP contribution in [-0.4, -0.2) is 63.9 Å².